The van der Waals surface area contributed by atoms with Gasteiger partial charge in [-0.3, -0.25) is 4.79 Å². The zero-order chi connectivity index (χ0) is 20.5. The summed E-state index contributed by atoms with van der Waals surface area (Å²) in [5, 5.41) is 0.981. The summed E-state index contributed by atoms with van der Waals surface area (Å²) in [6.45, 7) is 4.29. The van der Waals surface area contributed by atoms with Crippen molar-refractivity contribution in [2.45, 2.75) is 32.8 Å². The molecule has 0 bridgehead atoms. The van der Waals surface area contributed by atoms with Crippen LogP contribution in [0.15, 0.2) is 45.8 Å². The number of carbonyl (C=O) groups is 1. The van der Waals surface area contributed by atoms with Gasteiger partial charge in [0.2, 0.25) is 11.2 Å². The molecule has 2 heterocycles. The maximum Gasteiger partial charge on any atom is 0.340 e. The van der Waals surface area contributed by atoms with Gasteiger partial charge >= 0.3 is 5.97 Å². The Balaban J connectivity index is 1.59. The third-order valence-electron chi connectivity index (χ3n) is 4.76. The standard InChI is InChI=1S/C22H19ClO6/c1-12-8-15(9-13(2)20(12)23)28-19-11-27-18-10-14(5-6-16(18)21(19)24)29-22(25)17-4-3-7-26-17/h5-6,8-11,17H,3-4,7H2,1-2H3/t17-/m1/s1. The SMILES string of the molecule is Cc1cc(Oc2coc3cc(OC(=O)[C@H]4CCCO4)ccc3c2=O)cc(C)c1Cl. The van der Waals surface area contributed by atoms with Crippen molar-refractivity contribution in [1.29, 1.82) is 0 Å². The summed E-state index contributed by atoms with van der Waals surface area (Å²) in [6.07, 6.45) is 2.18. The van der Waals surface area contributed by atoms with Crippen molar-refractivity contribution in [3.63, 3.8) is 0 Å². The minimum Gasteiger partial charge on any atom is -0.460 e. The number of carbonyl (C=O) groups excluding carboxylic acids is 1. The lowest BCUT2D eigenvalue weighted by Gasteiger charge is -2.11. The molecule has 0 unspecified atom stereocenters. The molecule has 1 aliphatic heterocycles. The van der Waals surface area contributed by atoms with Crippen LogP contribution in [0.4, 0.5) is 0 Å². The molecule has 0 aliphatic carbocycles. The topological polar surface area (TPSA) is 75.0 Å². The Morgan fingerprint density at radius 2 is 1.90 bits per heavy atom. The summed E-state index contributed by atoms with van der Waals surface area (Å²) in [7, 11) is 0. The van der Waals surface area contributed by atoms with Crippen LogP contribution >= 0.6 is 11.6 Å². The van der Waals surface area contributed by atoms with E-state index < -0.39 is 12.1 Å². The van der Waals surface area contributed by atoms with Crippen molar-refractivity contribution in [3.8, 4) is 17.2 Å². The maximum atomic E-state index is 12.8. The number of hydrogen-bond donors (Lipinski definition) is 0. The molecule has 3 aromatic rings. The molecule has 0 amide bonds. The largest absolute Gasteiger partial charge is 0.460 e. The van der Waals surface area contributed by atoms with Gasteiger partial charge in [-0.2, -0.15) is 0 Å². The van der Waals surface area contributed by atoms with Gasteiger partial charge < -0.3 is 18.6 Å². The second-order valence-corrected chi connectivity index (χ2v) is 7.36. The van der Waals surface area contributed by atoms with Crippen molar-refractivity contribution < 1.29 is 23.4 Å². The highest BCUT2D eigenvalue weighted by Gasteiger charge is 2.25. The zero-order valence-corrected chi connectivity index (χ0v) is 16.7. The van der Waals surface area contributed by atoms with Crippen molar-refractivity contribution in [2.75, 3.05) is 6.61 Å². The molecule has 2 aromatic carbocycles. The summed E-state index contributed by atoms with van der Waals surface area (Å²) < 4.78 is 21.9. The molecular weight excluding hydrogens is 396 g/mol. The fourth-order valence-electron chi connectivity index (χ4n) is 3.26. The number of ether oxygens (including phenoxy) is 3. The number of aryl methyl sites for hydroxylation is 2. The molecule has 0 saturated carbocycles. The van der Waals surface area contributed by atoms with Crippen LogP contribution in [0.5, 0.6) is 17.2 Å². The van der Waals surface area contributed by atoms with Crippen LogP contribution in [0.1, 0.15) is 24.0 Å². The van der Waals surface area contributed by atoms with Crippen molar-refractivity contribution in [2.24, 2.45) is 0 Å². The normalized spacial score (nSPS) is 16.2. The first kappa shape index (κ1) is 19.5. The zero-order valence-electron chi connectivity index (χ0n) is 16.0. The van der Waals surface area contributed by atoms with Crippen molar-refractivity contribution >= 4 is 28.5 Å². The molecule has 6 nitrogen and oxygen atoms in total. The Bertz CT molecular complexity index is 1120. The van der Waals surface area contributed by atoms with Crippen LogP contribution in [-0.4, -0.2) is 18.7 Å². The minimum absolute atomic E-state index is 0.0581. The summed E-state index contributed by atoms with van der Waals surface area (Å²) in [5.74, 6) is 0.400. The van der Waals surface area contributed by atoms with E-state index in [9.17, 15) is 9.59 Å². The second-order valence-electron chi connectivity index (χ2n) is 6.98. The average molecular weight is 415 g/mol. The summed E-state index contributed by atoms with van der Waals surface area (Å²) in [4.78, 5) is 24.9. The van der Waals surface area contributed by atoms with E-state index >= 15 is 0 Å². The molecule has 0 radical (unpaired) electrons. The van der Waals surface area contributed by atoms with Crippen LogP contribution in [0, 0.1) is 13.8 Å². The predicted molar refractivity (Wildman–Crippen MR) is 108 cm³/mol. The summed E-state index contributed by atoms with van der Waals surface area (Å²) >= 11 is 6.17. The molecule has 1 saturated heterocycles. The highest BCUT2D eigenvalue weighted by molar-refractivity contribution is 6.32. The van der Waals surface area contributed by atoms with Gasteiger partial charge in [0.1, 0.15) is 23.3 Å². The first-order chi connectivity index (χ1) is 13.9. The number of benzene rings is 2. The van der Waals surface area contributed by atoms with E-state index in [-0.39, 0.29) is 11.2 Å². The lowest BCUT2D eigenvalue weighted by Crippen LogP contribution is -2.24. The molecule has 4 rings (SSSR count). The average Bonchev–Trinajstić information content (AvgIpc) is 3.23. The molecule has 29 heavy (non-hydrogen) atoms. The lowest BCUT2D eigenvalue weighted by molar-refractivity contribution is -0.144. The third-order valence-corrected chi connectivity index (χ3v) is 5.36. The second kappa shape index (κ2) is 7.89. The van der Waals surface area contributed by atoms with Crippen LogP contribution in [-0.2, 0) is 9.53 Å². The molecule has 0 spiro atoms. The van der Waals surface area contributed by atoms with E-state index in [2.05, 4.69) is 0 Å². The van der Waals surface area contributed by atoms with E-state index in [1.807, 2.05) is 13.8 Å². The summed E-state index contributed by atoms with van der Waals surface area (Å²) in [6, 6.07) is 8.11. The van der Waals surface area contributed by atoms with Gasteiger partial charge in [-0.25, -0.2) is 4.79 Å². The van der Waals surface area contributed by atoms with Crippen molar-refractivity contribution in [3.05, 3.63) is 63.0 Å². The van der Waals surface area contributed by atoms with E-state index in [0.717, 1.165) is 17.5 Å². The van der Waals surface area contributed by atoms with E-state index in [4.69, 9.17) is 30.2 Å². The van der Waals surface area contributed by atoms with Gasteiger partial charge in [0.25, 0.3) is 0 Å². The Morgan fingerprint density at radius 1 is 1.14 bits per heavy atom. The number of halogens is 1. The molecule has 1 fully saturated rings. The van der Waals surface area contributed by atoms with Crippen LogP contribution in [0.3, 0.4) is 0 Å². The maximum absolute atomic E-state index is 12.8. The highest BCUT2D eigenvalue weighted by Crippen LogP contribution is 2.29. The number of hydrogen-bond acceptors (Lipinski definition) is 6. The first-order valence-corrected chi connectivity index (χ1v) is 9.63. The molecule has 1 aliphatic rings. The highest BCUT2D eigenvalue weighted by atomic mass is 35.5. The van der Waals surface area contributed by atoms with E-state index in [1.54, 1.807) is 24.3 Å². The number of fused-ring (bicyclic) bond motifs is 1. The minimum atomic E-state index is -0.542. The number of esters is 1. The Hall–Kier alpha value is -2.83. The lowest BCUT2D eigenvalue weighted by atomic mass is 10.1. The van der Waals surface area contributed by atoms with E-state index in [0.29, 0.717) is 40.5 Å². The van der Waals surface area contributed by atoms with Gasteiger partial charge in [-0.05, 0) is 62.1 Å². The van der Waals surface area contributed by atoms with E-state index in [1.165, 1.54) is 12.3 Å². The first-order valence-electron chi connectivity index (χ1n) is 9.26. The molecule has 1 aromatic heterocycles. The van der Waals surface area contributed by atoms with Gasteiger partial charge in [-0.15, -0.1) is 0 Å². The van der Waals surface area contributed by atoms with Gasteiger partial charge in [0.15, 0.2) is 6.10 Å². The van der Waals surface area contributed by atoms with Crippen molar-refractivity contribution in [1.82, 2.24) is 0 Å². The quantitative estimate of drug-likeness (QED) is 0.444. The Labute approximate surface area is 171 Å². The smallest absolute Gasteiger partial charge is 0.340 e. The fourth-order valence-corrected chi connectivity index (χ4v) is 3.37. The molecule has 0 N–H and O–H groups in total. The Morgan fingerprint density at radius 3 is 2.59 bits per heavy atom. The summed E-state index contributed by atoms with van der Waals surface area (Å²) in [5.41, 5.74) is 1.67. The van der Waals surface area contributed by atoms with Gasteiger partial charge in [0, 0.05) is 17.7 Å². The van der Waals surface area contributed by atoms with Gasteiger partial charge in [-0.1, -0.05) is 11.6 Å². The fraction of sp³-hybridized carbons (Fsp3) is 0.273. The Kier molecular flexibility index (Phi) is 5.30. The molecule has 150 valence electrons. The van der Waals surface area contributed by atoms with Crippen LogP contribution < -0.4 is 14.9 Å². The van der Waals surface area contributed by atoms with Crippen LogP contribution in [0.2, 0.25) is 5.02 Å². The van der Waals surface area contributed by atoms with Gasteiger partial charge in [0.05, 0.1) is 5.39 Å². The van der Waals surface area contributed by atoms with Crippen LogP contribution in [0.25, 0.3) is 11.0 Å². The molecular formula is C22H19ClO6. The molecule has 1 atom stereocenters. The third kappa shape index (κ3) is 3.99. The number of rotatable bonds is 4. The molecule has 7 heteroatoms. The predicted octanol–water partition coefficient (Wildman–Crippen LogP) is 4.94. The monoisotopic (exact) mass is 414 g/mol.